The molecule has 2 heterocycles. The van der Waals surface area contributed by atoms with Crippen LogP contribution in [0.25, 0.3) is 11.0 Å². The van der Waals surface area contributed by atoms with Crippen LogP contribution >= 0.6 is 0 Å². The topological polar surface area (TPSA) is 34.4 Å². The first-order chi connectivity index (χ1) is 9.29. The van der Waals surface area contributed by atoms with E-state index in [1.807, 2.05) is 12.1 Å². The highest BCUT2D eigenvalue weighted by Crippen LogP contribution is 2.26. The zero-order chi connectivity index (χ0) is 13.2. The van der Waals surface area contributed by atoms with Crippen LogP contribution in [-0.2, 0) is 17.7 Å². The standard InChI is InChI=1S/C16H21NO2/c1-3-15-13(10-17-14-8-9-18-11(14)2)12-6-4-5-7-16(12)19-15/h4-7,11,14,17H,3,8-10H2,1-2H3. The SMILES string of the molecule is CCc1oc2ccccc2c1CNC1CCOC1C. The number of fused-ring (bicyclic) bond motifs is 1. The van der Waals surface area contributed by atoms with Gasteiger partial charge < -0.3 is 14.5 Å². The van der Waals surface area contributed by atoms with E-state index in [9.17, 15) is 0 Å². The molecule has 0 saturated carbocycles. The summed E-state index contributed by atoms with van der Waals surface area (Å²) in [6.07, 6.45) is 2.34. The van der Waals surface area contributed by atoms with Gasteiger partial charge in [-0.2, -0.15) is 0 Å². The van der Waals surface area contributed by atoms with E-state index in [1.165, 1.54) is 10.9 Å². The van der Waals surface area contributed by atoms with Gasteiger partial charge in [-0.25, -0.2) is 0 Å². The van der Waals surface area contributed by atoms with Crippen LogP contribution in [0.2, 0.25) is 0 Å². The van der Waals surface area contributed by atoms with Gasteiger partial charge in [-0.05, 0) is 19.4 Å². The highest BCUT2D eigenvalue weighted by Gasteiger charge is 2.24. The molecule has 0 aliphatic carbocycles. The predicted molar refractivity (Wildman–Crippen MR) is 76.3 cm³/mol. The second-order valence-electron chi connectivity index (χ2n) is 5.21. The lowest BCUT2D eigenvalue weighted by Gasteiger charge is -2.16. The number of aryl methyl sites for hydroxylation is 1. The summed E-state index contributed by atoms with van der Waals surface area (Å²) in [5, 5.41) is 4.85. The van der Waals surface area contributed by atoms with E-state index in [2.05, 4.69) is 31.3 Å². The number of nitrogens with one attached hydrogen (secondary N) is 1. The summed E-state index contributed by atoms with van der Waals surface area (Å²) in [4.78, 5) is 0. The molecule has 0 bridgehead atoms. The fraction of sp³-hybridized carbons (Fsp3) is 0.500. The largest absolute Gasteiger partial charge is 0.461 e. The maximum atomic E-state index is 5.92. The Morgan fingerprint density at radius 3 is 2.89 bits per heavy atom. The summed E-state index contributed by atoms with van der Waals surface area (Å²) >= 11 is 0. The van der Waals surface area contributed by atoms with Gasteiger partial charge in [0.05, 0.1) is 6.10 Å². The molecule has 2 atom stereocenters. The normalized spacial score (nSPS) is 23.3. The Hall–Kier alpha value is -1.32. The number of hydrogen-bond acceptors (Lipinski definition) is 3. The average Bonchev–Trinajstić information content (AvgIpc) is 2.99. The minimum Gasteiger partial charge on any atom is -0.461 e. The molecule has 0 spiro atoms. The first-order valence-electron chi connectivity index (χ1n) is 7.14. The van der Waals surface area contributed by atoms with Crippen LogP contribution in [0.15, 0.2) is 28.7 Å². The molecule has 1 aliphatic heterocycles. The molecule has 3 heteroatoms. The number of para-hydroxylation sites is 1. The lowest BCUT2D eigenvalue weighted by molar-refractivity contribution is 0.113. The lowest BCUT2D eigenvalue weighted by Crippen LogP contribution is -2.34. The van der Waals surface area contributed by atoms with Crippen LogP contribution in [-0.4, -0.2) is 18.8 Å². The zero-order valence-electron chi connectivity index (χ0n) is 11.6. The Balaban J connectivity index is 1.83. The molecule has 2 aromatic rings. The van der Waals surface area contributed by atoms with Gasteiger partial charge in [0, 0.05) is 36.6 Å². The average molecular weight is 259 g/mol. The molecular formula is C16H21NO2. The molecular weight excluding hydrogens is 238 g/mol. The minimum absolute atomic E-state index is 0.309. The second-order valence-corrected chi connectivity index (χ2v) is 5.21. The van der Waals surface area contributed by atoms with Crippen LogP contribution < -0.4 is 5.32 Å². The molecule has 0 radical (unpaired) electrons. The number of furan rings is 1. The Bertz CT molecular complexity index is 561. The molecule has 1 aliphatic rings. The van der Waals surface area contributed by atoms with E-state index in [4.69, 9.17) is 9.15 Å². The Labute approximate surface area is 113 Å². The molecule has 1 aromatic heterocycles. The van der Waals surface area contributed by atoms with Crippen molar-refractivity contribution in [2.45, 2.75) is 45.4 Å². The smallest absolute Gasteiger partial charge is 0.134 e. The Kier molecular flexibility index (Phi) is 3.58. The molecule has 102 valence electrons. The van der Waals surface area contributed by atoms with Crippen molar-refractivity contribution in [1.82, 2.24) is 5.32 Å². The number of hydrogen-bond donors (Lipinski definition) is 1. The van der Waals surface area contributed by atoms with Crippen molar-refractivity contribution in [2.24, 2.45) is 0 Å². The van der Waals surface area contributed by atoms with Crippen molar-refractivity contribution in [3.8, 4) is 0 Å². The summed E-state index contributed by atoms with van der Waals surface area (Å²) in [6, 6.07) is 8.73. The van der Waals surface area contributed by atoms with Gasteiger partial charge in [0.1, 0.15) is 11.3 Å². The van der Waals surface area contributed by atoms with Crippen molar-refractivity contribution in [2.75, 3.05) is 6.61 Å². The van der Waals surface area contributed by atoms with E-state index in [0.717, 1.165) is 37.3 Å². The molecule has 1 saturated heterocycles. The highest BCUT2D eigenvalue weighted by molar-refractivity contribution is 5.82. The highest BCUT2D eigenvalue weighted by atomic mass is 16.5. The predicted octanol–water partition coefficient (Wildman–Crippen LogP) is 3.26. The van der Waals surface area contributed by atoms with Gasteiger partial charge >= 0.3 is 0 Å². The van der Waals surface area contributed by atoms with E-state index < -0.39 is 0 Å². The van der Waals surface area contributed by atoms with Gasteiger partial charge in [-0.1, -0.05) is 25.1 Å². The zero-order valence-corrected chi connectivity index (χ0v) is 11.6. The third-order valence-electron chi connectivity index (χ3n) is 4.02. The van der Waals surface area contributed by atoms with Crippen LogP contribution in [0.4, 0.5) is 0 Å². The molecule has 1 aromatic carbocycles. The summed E-state index contributed by atoms with van der Waals surface area (Å²) < 4.78 is 11.5. The van der Waals surface area contributed by atoms with Crippen molar-refractivity contribution in [3.63, 3.8) is 0 Å². The molecule has 0 amide bonds. The molecule has 1 fully saturated rings. The Morgan fingerprint density at radius 2 is 2.16 bits per heavy atom. The van der Waals surface area contributed by atoms with E-state index in [-0.39, 0.29) is 0 Å². The van der Waals surface area contributed by atoms with Gasteiger partial charge in [-0.3, -0.25) is 0 Å². The van der Waals surface area contributed by atoms with Crippen molar-refractivity contribution in [1.29, 1.82) is 0 Å². The monoisotopic (exact) mass is 259 g/mol. The van der Waals surface area contributed by atoms with Crippen molar-refractivity contribution < 1.29 is 9.15 Å². The molecule has 3 nitrogen and oxygen atoms in total. The van der Waals surface area contributed by atoms with E-state index in [0.29, 0.717) is 12.1 Å². The fourth-order valence-electron chi connectivity index (χ4n) is 2.86. The van der Waals surface area contributed by atoms with Gasteiger partial charge in [0.15, 0.2) is 0 Å². The van der Waals surface area contributed by atoms with E-state index >= 15 is 0 Å². The minimum atomic E-state index is 0.309. The van der Waals surface area contributed by atoms with Crippen LogP contribution in [0.3, 0.4) is 0 Å². The molecule has 19 heavy (non-hydrogen) atoms. The van der Waals surface area contributed by atoms with Crippen LogP contribution in [0.1, 0.15) is 31.6 Å². The maximum absolute atomic E-state index is 5.92. The number of rotatable bonds is 4. The molecule has 3 rings (SSSR count). The van der Waals surface area contributed by atoms with E-state index in [1.54, 1.807) is 0 Å². The third kappa shape index (κ3) is 2.40. The first kappa shape index (κ1) is 12.7. The lowest BCUT2D eigenvalue weighted by atomic mass is 10.1. The molecule has 2 unspecified atom stereocenters. The fourth-order valence-corrected chi connectivity index (χ4v) is 2.86. The van der Waals surface area contributed by atoms with Crippen LogP contribution in [0.5, 0.6) is 0 Å². The van der Waals surface area contributed by atoms with Crippen molar-refractivity contribution in [3.05, 3.63) is 35.6 Å². The third-order valence-corrected chi connectivity index (χ3v) is 4.02. The summed E-state index contributed by atoms with van der Waals surface area (Å²) in [6.45, 7) is 6.01. The quantitative estimate of drug-likeness (QED) is 0.915. The number of ether oxygens (including phenoxy) is 1. The number of benzene rings is 1. The van der Waals surface area contributed by atoms with Gasteiger partial charge in [-0.15, -0.1) is 0 Å². The summed E-state index contributed by atoms with van der Waals surface area (Å²) in [5.41, 5.74) is 2.30. The van der Waals surface area contributed by atoms with Crippen LogP contribution in [0, 0.1) is 0 Å². The summed E-state index contributed by atoms with van der Waals surface area (Å²) in [7, 11) is 0. The summed E-state index contributed by atoms with van der Waals surface area (Å²) in [5.74, 6) is 1.10. The second kappa shape index (κ2) is 5.35. The van der Waals surface area contributed by atoms with Gasteiger partial charge in [0.2, 0.25) is 0 Å². The molecule has 1 N–H and O–H groups in total. The van der Waals surface area contributed by atoms with Crippen molar-refractivity contribution >= 4 is 11.0 Å². The van der Waals surface area contributed by atoms with Gasteiger partial charge in [0.25, 0.3) is 0 Å². The maximum Gasteiger partial charge on any atom is 0.134 e. The first-order valence-corrected chi connectivity index (χ1v) is 7.14. The Morgan fingerprint density at radius 1 is 1.32 bits per heavy atom.